The standard InChI is InChI=1S/C10H18O4/c1-5-10(12,7-6-13-7)8(11)14-9(2,3)4/h7,12H,5-6H2,1-4H3. The van der Waals surface area contributed by atoms with Crippen molar-refractivity contribution in [2.45, 2.75) is 51.4 Å². The van der Waals surface area contributed by atoms with Crippen LogP contribution in [0, 0.1) is 0 Å². The Morgan fingerprint density at radius 2 is 2.07 bits per heavy atom. The van der Waals surface area contributed by atoms with Gasteiger partial charge in [0.25, 0.3) is 0 Å². The maximum atomic E-state index is 11.6. The van der Waals surface area contributed by atoms with Crippen molar-refractivity contribution in [1.82, 2.24) is 0 Å². The molecule has 14 heavy (non-hydrogen) atoms. The summed E-state index contributed by atoms with van der Waals surface area (Å²) in [5, 5.41) is 9.99. The van der Waals surface area contributed by atoms with Gasteiger partial charge < -0.3 is 14.6 Å². The predicted molar refractivity (Wildman–Crippen MR) is 50.8 cm³/mol. The van der Waals surface area contributed by atoms with Gasteiger partial charge in [0.1, 0.15) is 11.7 Å². The molecule has 4 heteroatoms. The van der Waals surface area contributed by atoms with E-state index in [1.54, 1.807) is 27.7 Å². The van der Waals surface area contributed by atoms with Gasteiger partial charge in [0, 0.05) is 0 Å². The number of carbonyl (C=O) groups is 1. The van der Waals surface area contributed by atoms with E-state index >= 15 is 0 Å². The van der Waals surface area contributed by atoms with E-state index in [0.29, 0.717) is 13.0 Å². The van der Waals surface area contributed by atoms with Gasteiger partial charge in [0.05, 0.1) is 6.61 Å². The molecule has 2 atom stereocenters. The zero-order chi connectivity index (χ0) is 11.0. The first-order valence-electron chi connectivity index (χ1n) is 4.87. The van der Waals surface area contributed by atoms with Crippen molar-refractivity contribution in [3.63, 3.8) is 0 Å². The fourth-order valence-electron chi connectivity index (χ4n) is 1.19. The second-order valence-corrected chi connectivity index (χ2v) is 4.60. The highest BCUT2D eigenvalue weighted by Crippen LogP contribution is 2.30. The van der Waals surface area contributed by atoms with Gasteiger partial charge in [-0.25, -0.2) is 4.79 Å². The lowest BCUT2D eigenvalue weighted by molar-refractivity contribution is -0.179. The molecule has 0 aliphatic carbocycles. The lowest BCUT2D eigenvalue weighted by Crippen LogP contribution is -2.47. The molecule has 1 fully saturated rings. The average molecular weight is 202 g/mol. The van der Waals surface area contributed by atoms with Crippen LogP contribution in [-0.4, -0.2) is 35.0 Å². The zero-order valence-corrected chi connectivity index (χ0v) is 9.16. The highest BCUT2D eigenvalue weighted by atomic mass is 16.6. The van der Waals surface area contributed by atoms with Crippen molar-refractivity contribution in [2.24, 2.45) is 0 Å². The third-order valence-corrected chi connectivity index (χ3v) is 2.16. The molecular weight excluding hydrogens is 184 g/mol. The average Bonchev–Trinajstić information content (AvgIpc) is 2.81. The van der Waals surface area contributed by atoms with Crippen LogP contribution in [-0.2, 0) is 14.3 Å². The van der Waals surface area contributed by atoms with Gasteiger partial charge >= 0.3 is 5.97 Å². The van der Waals surface area contributed by atoms with Crippen LogP contribution in [0.1, 0.15) is 34.1 Å². The van der Waals surface area contributed by atoms with Crippen LogP contribution in [0.15, 0.2) is 0 Å². The minimum Gasteiger partial charge on any atom is -0.458 e. The molecule has 0 amide bonds. The Morgan fingerprint density at radius 3 is 2.36 bits per heavy atom. The Bertz CT molecular complexity index is 227. The number of carbonyl (C=O) groups excluding carboxylic acids is 1. The smallest absolute Gasteiger partial charge is 0.341 e. The van der Waals surface area contributed by atoms with Gasteiger partial charge in [-0.1, -0.05) is 6.92 Å². The summed E-state index contributed by atoms with van der Waals surface area (Å²) in [6.45, 7) is 7.49. The molecule has 0 spiro atoms. The summed E-state index contributed by atoms with van der Waals surface area (Å²) in [6.07, 6.45) is -0.0746. The monoisotopic (exact) mass is 202 g/mol. The summed E-state index contributed by atoms with van der Waals surface area (Å²) in [6, 6.07) is 0. The topological polar surface area (TPSA) is 59.1 Å². The molecule has 1 N–H and O–H groups in total. The van der Waals surface area contributed by atoms with Crippen LogP contribution < -0.4 is 0 Å². The molecule has 0 radical (unpaired) electrons. The first-order valence-corrected chi connectivity index (χ1v) is 4.87. The van der Waals surface area contributed by atoms with E-state index in [1.165, 1.54) is 0 Å². The number of hydrogen-bond donors (Lipinski definition) is 1. The third kappa shape index (κ3) is 2.45. The van der Waals surface area contributed by atoms with Crippen molar-refractivity contribution in [2.75, 3.05) is 6.61 Å². The Balaban J connectivity index is 2.65. The predicted octanol–water partition coefficient (Wildman–Crippen LogP) is 0.868. The summed E-state index contributed by atoms with van der Waals surface area (Å²) in [7, 11) is 0. The first kappa shape index (κ1) is 11.5. The number of rotatable bonds is 3. The number of aliphatic hydroxyl groups is 1. The van der Waals surface area contributed by atoms with Gasteiger partial charge in [0.2, 0.25) is 0 Å². The van der Waals surface area contributed by atoms with Crippen LogP contribution in [0.5, 0.6) is 0 Å². The molecule has 1 saturated heterocycles. The minimum atomic E-state index is -1.46. The third-order valence-electron chi connectivity index (χ3n) is 2.16. The van der Waals surface area contributed by atoms with Crippen molar-refractivity contribution in [1.29, 1.82) is 0 Å². The second-order valence-electron chi connectivity index (χ2n) is 4.60. The van der Waals surface area contributed by atoms with E-state index in [0.717, 1.165) is 0 Å². The number of ether oxygens (including phenoxy) is 2. The lowest BCUT2D eigenvalue weighted by Gasteiger charge is -2.28. The summed E-state index contributed by atoms with van der Waals surface area (Å²) in [5.74, 6) is -0.588. The van der Waals surface area contributed by atoms with E-state index in [1.807, 2.05) is 0 Å². The Kier molecular flexibility index (Phi) is 2.88. The van der Waals surface area contributed by atoms with E-state index in [-0.39, 0.29) is 6.10 Å². The molecule has 4 nitrogen and oxygen atoms in total. The highest BCUT2D eigenvalue weighted by Gasteiger charge is 2.52. The van der Waals surface area contributed by atoms with E-state index in [2.05, 4.69) is 0 Å². The lowest BCUT2D eigenvalue weighted by atomic mass is 9.97. The number of esters is 1. The maximum absolute atomic E-state index is 11.6. The quantitative estimate of drug-likeness (QED) is 0.545. The van der Waals surface area contributed by atoms with Crippen LogP contribution in [0.25, 0.3) is 0 Å². The molecule has 1 aliphatic rings. The van der Waals surface area contributed by atoms with Crippen LogP contribution in [0.2, 0.25) is 0 Å². The number of epoxide rings is 1. The van der Waals surface area contributed by atoms with E-state index in [9.17, 15) is 9.90 Å². The summed E-state index contributed by atoms with van der Waals surface area (Å²) in [4.78, 5) is 11.6. The molecule has 0 bridgehead atoms. The van der Waals surface area contributed by atoms with Crippen molar-refractivity contribution >= 4 is 5.97 Å². The minimum absolute atomic E-state index is 0.312. The van der Waals surface area contributed by atoms with Gasteiger partial charge in [-0.3, -0.25) is 0 Å². The first-order chi connectivity index (χ1) is 6.29. The molecule has 1 rings (SSSR count). The molecule has 1 heterocycles. The maximum Gasteiger partial charge on any atom is 0.341 e. The summed E-state index contributed by atoms with van der Waals surface area (Å²) < 4.78 is 10.1. The largest absolute Gasteiger partial charge is 0.458 e. The van der Waals surface area contributed by atoms with Crippen LogP contribution in [0.3, 0.4) is 0 Å². The van der Waals surface area contributed by atoms with E-state index < -0.39 is 17.2 Å². The van der Waals surface area contributed by atoms with Gasteiger partial charge in [-0.2, -0.15) is 0 Å². The second kappa shape index (κ2) is 3.51. The normalized spacial score (nSPS) is 25.4. The Morgan fingerprint density at radius 1 is 1.57 bits per heavy atom. The molecule has 82 valence electrons. The fraction of sp³-hybridized carbons (Fsp3) is 0.900. The van der Waals surface area contributed by atoms with Gasteiger partial charge in [0.15, 0.2) is 5.60 Å². The molecule has 1 aliphatic heterocycles. The fourth-order valence-corrected chi connectivity index (χ4v) is 1.19. The van der Waals surface area contributed by atoms with Gasteiger partial charge in [-0.15, -0.1) is 0 Å². The molecule has 0 aromatic heterocycles. The van der Waals surface area contributed by atoms with Crippen LogP contribution in [0.4, 0.5) is 0 Å². The SMILES string of the molecule is CCC(O)(C(=O)OC(C)(C)C)C1CO1. The van der Waals surface area contributed by atoms with Crippen molar-refractivity contribution < 1.29 is 19.4 Å². The Hall–Kier alpha value is -0.610. The van der Waals surface area contributed by atoms with E-state index in [4.69, 9.17) is 9.47 Å². The molecule has 0 saturated carbocycles. The molecule has 2 unspecified atom stereocenters. The highest BCUT2D eigenvalue weighted by molar-refractivity contribution is 5.80. The summed E-state index contributed by atoms with van der Waals surface area (Å²) >= 11 is 0. The summed E-state index contributed by atoms with van der Waals surface area (Å²) in [5.41, 5.74) is -2.04. The molecular formula is C10H18O4. The van der Waals surface area contributed by atoms with Crippen molar-refractivity contribution in [3.05, 3.63) is 0 Å². The molecule has 0 aromatic carbocycles. The molecule has 0 aromatic rings. The number of hydrogen-bond acceptors (Lipinski definition) is 4. The van der Waals surface area contributed by atoms with Gasteiger partial charge in [-0.05, 0) is 27.2 Å². The zero-order valence-electron chi connectivity index (χ0n) is 9.16. The van der Waals surface area contributed by atoms with Crippen molar-refractivity contribution in [3.8, 4) is 0 Å². The van der Waals surface area contributed by atoms with Crippen LogP contribution >= 0.6 is 0 Å². The Labute approximate surface area is 84.2 Å².